The number of hydrogen-bond acceptors (Lipinski definition) is 4. The number of likely N-dealkylation sites (tertiary alicyclic amines) is 1. The summed E-state index contributed by atoms with van der Waals surface area (Å²) >= 11 is 0. The molecule has 0 bridgehead atoms. The van der Waals surface area contributed by atoms with E-state index < -0.39 is 0 Å². The molecular weight excluding hydrogens is 340 g/mol. The van der Waals surface area contributed by atoms with E-state index in [1.165, 1.54) is 6.42 Å². The van der Waals surface area contributed by atoms with Crippen LogP contribution < -0.4 is 4.74 Å². The van der Waals surface area contributed by atoms with Gasteiger partial charge in [-0.3, -0.25) is 9.48 Å². The molecular formula is C21H30N4O2. The van der Waals surface area contributed by atoms with Gasteiger partial charge in [-0.25, -0.2) is 0 Å². The first-order chi connectivity index (χ1) is 13.1. The zero-order valence-electron chi connectivity index (χ0n) is 16.4. The third-order valence-corrected chi connectivity index (χ3v) is 4.94. The molecule has 146 valence electrons. The van der Waals surface area contributed by atoms with Crippen LogP contribution in [0.1, 0.15) is 51.6 Å². The second-order valence-electron chi connectivity index (χ2n) is 7.70. The molecule has 0 aliphatic carbocycles. The van der Waals surface area contributed by atoms with Crippen molar-refractivity contribution in [3.63, 3.8) is 0 Å². The number of ether oxygens (including phenoxy) is 1. The number of nitrogens with zero attached hydrogens (tertiary/aromatic N) is 4. The molecule has 1 aliphatic rings. The van der Waals surface area contributed by atoms with Gasteiger partial charge in [0, 0.05) is 25.6 Å². The quantitative estimate of drug-likeness (QED) is 0.711. The number of aryl methyl sites for hydroxylation is 1. The number of amides is 1. The molecule has 2 aromatic rings. The Hall–Kier alpha value is -2.37. The van der Waals surface area contributed by atoms with Gasteiger partial charge < -0.3 is 9.64 Å². The fourth-order valence-corrected chi connectivity index (χ4v) is 3.56. The van der Waals surface area contributed by atoms with Crippen molar-refractivity contribution in [2.45, 2.75) is 65.1 Å². The maximum atomic E-state index is 12.5. The van der Waals surface area contributed by atoms with E-state index in [4.69, 9.17) is 4.74 Å². The number of rotatable bonds is 8. The van der Waals surface area contributed by atoms with Crippen LogP contribution in [0.25, 0.3) is 0 Å². The molecule has 27 heavy (non-hydrogen) atoms. The first-order valence-electron chi connectivity index (χ1n) is 9.98. The van der Waals surface area contributed by atoms with Crippen molar-refractivity contribution in [1.82, 2.24) is 19.9 Å². The molecule has 6 nitrogen and oxygen atoms in total. The first kappa shape index (κ1) is 19.4. The summed E-state index contributed by atoms with van der Waals surface area (Å²) in [5.74, 6) is 1.53. The van der Waals surface area contributed by atoms with Crippen LogP contribution in [0.15, 0.2) is 36.5 Å². The Morgan fingerprint density at radius 2 is 2.07 bits per heavy atom. The zero-order chi connectivity index (χ0) is 19.1. The second kappa shape index (κ2) is 9.53. The van der Waals surface area contributed by atoms with Crippen LogP contribution in [-0.2, 0) is 17.9 Å². The predicted octanol–water partition coefficient (Wildman–Crippen LogP) is 3.67. The average molecular weight is 370 g/mol. The molecule has 3 rings (SSSR count). The fraction of sp³-hybridized carbons (Fsp3) is 0.571. The van der Waals surface area contributed by atoms with Crippen LogP contribution in [0, 0.1) is 5.92 Å². The number of benzene rings is 1. The van der Waals surface area contributed by atoms with E-state index in [0.29, 0.717) is 30.9 Å². The number of piperidine rings is 1. The molecule has 0 saturated carbocycles. The maximum absolute atomic E-state index is 12.5. The highest BCUT2D eigenvalue weighted by atomic mass is 16.5. The van der Waals surface area contributed by atoms with Gasteiger partial charge in [0.2, 0.25) is 5.91 Å². The number of aromatic nitrogens is 3. The molecule has 2 heterocycles. The van der Waals surface area contributed by atoms with Crippen molar-refractivity contribution in [3.8, 4) is 5.75 Å². The molecule has 6 heteroatoms. The lowest BCUT2D eigenvalue weighted by Gasteiger charge is -2.36. The average Bonchev–Trinajstić information content (AvgIpc) is 3.13. The van der Waals surface area contributed by atoms with E-state index >= 15 is 0 Å². The minimum atomic E-state index is 0.297. The van der Waals surface area contributed by atoms with Crippen molar-refractivity contribution >= 4 is 5.91 Å². The zero-order valence-corrected chi connectivity index (χ0v) is 16.4. The van der Waals surface area contributed by atoms with Gasteiger partial charge in [-0.1, -0.05) is 37.3 Å². The Bertz CT molecular complexity index is 714. The normalized spacial score (nSPS) is 17.3. The lowest BCUT2D eigenvalue weighted by Crippen LogP contribution is -2.44. The molecule has 1 aromatic heterocycles. The smallest absolute Gasteiger partial charge is 0.223 e. The predicted molar refractivity (Wildman–Crippen MR) is 104 cm³/mol. The van der Waals surface area contributed by atoms with Gasteiger partial charge in [-0.15, -0.1) is 5.10 Å². The lowest BCUT2D eigenvalue weighted by molar-refractivity contribution is -0.135. The van der Waals surface area contributed by atoms with E-state index in [1.54, 1.807) is 0 Å². The topological polar surface area (TPSA) is 60.2 Å². The Morgan fingerprint density at radius 1 is 1.26 bits per heavy atom. The van der Waals surface area contributed by atoms with E-state index in [0.717, 1.165) is 43.8 Å². The van der Waals surface area contributed by atoms with Crippen LogP contribution >= 0.6 is 0 Å². The lowest BCUT2D eigenvalue weighted by atomic mass is 9.97. The Labute approximate surface area is 161 Å². The van der Waals surface area contributed by atoms with E-state index in [1.807, 2.05) is 41.2 Å². The highest BCUT2D eigenvalue weighted by Gasteiger charge is 2.26. The van der Waals surface area contributed by atoms with Crippen LogP contribution in [0.5, 0.6) is 5.75 Å². The molecule has 0 spiro atoms. The van der Waals surface area contributed by atoms with E-state index in [9.17, 15) is 4.79 Å². The fourth-order valence-electron chi connectivity index (χ4n) is 3.56. The third kappa shape index (κ3) is 5.81. The van der Waals surface area contributed by atoms with Crippen LogP contribution in [0.2, 0.25) is 0 Å². The molecule has 1 amide bonds. The van der Waals surface area contributed by atoms with Crippen LogP contribution in [0.4, 0.5) is 0 Å². The standard InChI is InChI=1S/C21H30N4O2/c1-17(2)14-21(26)25-12-7-6-8-19(25)11-13-24-15-18(22-23-24)16-27-20-9-4-3-5-10-20/h3-5,9-10,15,17,19H,6-8,11-14,16H2,1-2H3. The summed E-state index contributed by atoms with van der Waals surface area (Å²) in [7, 11) is 0. The van der Waals surface area contributed by atoms with E-state index in [2.05, 4.69) is 29.1 Å². The van der Waals surface area contributed by atoms with Crippen LogP contribution in [0.3, 0.4) is 0 Å². The van der Waals surface area contributed by atoms with Crippen molar-refractivity contribution in [1.29, 1.82) is 0 Å². The Balaban J connectivity index is 1.50. The summed E-state index contributed by atoms with van der Waals surface area (Å²) in [5, 5.41) is 8.41. The summed E-state index contributed by atoms with van der Waals surface area (Å²) in [6, 6.07) is 10.0. The van der Waals surface area contributed by atoms with Gasteiger partial charge in [0.05, 0.1) is 6.20 Å². The van der Waals surface area contributed by atoms with Gasteiger partial charge in [0.15, 0.2) is 0 Å². The summed E-state index contributed by atoms with van der Waals surface area (Å²) in [6.07, 6.45) is 6.90. The number of carbonyl (C=O) groups is 1. The van der Waals surface area contributed by atoms with Crippen LogP contribution in [-0.4, -0.2) is 38.4 Å². The van der Waals surface area contributed by atoms with E-state index in [-0.39, 0.29) is 0 Å². The highest BCUT2D eigenvalue weighted by Crippen LogP contribution is 2.22. The largest absolute Gasteiger partial charge is 0.487 e. The van der Waals surface area contributed by atoms with Gasteiger partial charge in [-0.05, 0) is 43.7 Å². The van der Waals surface area contributed by atoms with Crippen molar-refractivity contribution in [3.05, 3.63) is 42.2 Å². The number of para-hydroxylation sites is 1. The Morgan fingerprint density at radius 3 is 2.85 bits per heavy atom. The van der Waals surface area contributed by atoms with Crippen molar-refractivity contribution in [2.75, 3.05) is 6.54 Å². The Kier molecular flexibility index (Phi) is 6.85. The summed E-state index contributed by atoms with van der Waals surface area (Å²) in [6.45, 7) is 6.28. The molecule has 0 radical (unpaired) electrons. The first-order valence-corrected chi connectivity index (χ1v) is 9.98. The summed E-state index contributed by atoms with van der Waals surface area (Å²) in [4.78, 5) is 14.6. The summed E-state index contributed by atoms with van der Waals surface area (Å²) in [5.41, 5.74) is 0.815. The van der Waals surface area contributed by atoms with Gasteiger partial charge >= 0.3 is 0 Å². The van der Waals surface area contributed by atoms with Gasteiger partial charge in [-0.2, -0.15) is 0 Å². The second-order valence-corrected chi connectivity index (χ2v) is 7.70. The molecule has 1 atom stereocenters. The molecule has 0 N–H and O–H groups in total. The number of hydrogen-bond donors (Lipinski definition) is 0. The molecule has 1 unspecified atom stereocenters. The van der Waals surface area contributed by atoms with Crippen molar-refractivity contribution < 1.29 is 9.53 Å². The minimum Gasteiger partial charge on any atom is -0.487 e. The van der Waals surface area contributed by atoms with Crippen molar-refractivity contribution in [2.24, 2.45) is 5.92 Å². The number of carbonyl (C=O) groups excluding carboxylic acids is 1. The molecule has 1 aliphatic heterocycles. The summed E-state index contributed by atoms with van der Waals surface area (Å²) < 4.78 is 7.58. The molecule has 1 fully saturated rings. The third-order valence-electron chi connectivity index (χ3n) is 4.94. The molecule has 1 saturated heterocycles. The minimum absolute atomic E-state index is 0.297. The van der Waals surface area contributed by atoms with Gasteiger partial charge in [0.1, 0.15) is 18.1 Å². The maximum Gasteiger partial charge on any atom is 0.223 e. The highest BCUT2D eigenvalue weighted by molar-refractivity contribution is 5.76. The monoisotopic (exact) mass is 370 g/mol. The van der Waals surface area contributed by atoms with Gasteiger partial charge in [0.25, 0.3) is 0 Å². The SMILES string of the molecule is CC(C)CC(=O)N1CCCCC1CCn1cc(COc2ccccc2)nn1. The molecule has 1 aromatic carbocycles.